The lowest BCUT2D eigenvalue weighted by Crippen LogP contribution is -2.26. The van der Waals surface area contributed by atoms with Gasteiger partial charge in [0.2, 0.25) is 0 Å². The number of aliphatic hydroxyl groups excluding tert-OH is 2. The van der Waals surface area contributed by atoms with Crippen LogP contribution in [-0.2, 0) is 4.74 Å². The van der Waals surface area contributed by atoms with E-state index in [0.717, 1.165) is 12.8 Å². The van der Waals surface area contributed by atoms with E-state index < -0.39 is 6.23 Å². The molecule has 0 amide bonds. The van der Waals surface area contributed by atoms with Gasteiger partial charge in [0.25, 0.3) is 0 Å². The van der Waals surface area contributed by atoms with Crippen LogP contribution in [0.3, 0.4) is 0 Å². The predicted molar refractivity (Wildman–Crippen MR) is 63.3 cm³/mol. The van der Waals surface area contributed by atoms with Crippen molar-refractivity contribution in [2.24, 2.45) is 4.99 Å². The van der Waals surface area contributed by atoms with E-state index in [9.17, 15) is 5.11 Å². The van der Waals surface area contributed by atoms with Gasteiger partial charge >= 0.3 is 0 Å². The number of nitrogens with zero attached hydrogens (tertiary/aromatic N) is 4. The average molecular weight is 252 g/mol. The predicted octanol–water partition coefficient (Wildman–Crippen LogP) is 0.149. The van der Waals surface area contributed by atoms with E-state index in [4.69, 9.17) is 9.84 Å². The molecule has 1 aromatic heterocycles. The summed E-state index contributed by atoms with van der Waals surface area (Å²) in [7, 11) is 1.74. The third kappa shape index (κ3) is 1.71. The van der Waals surface area contributed by atoms with Gasteiger partial charge in [-0.05, 0) is 12.8 Å². The summed E-state index contributed by atoms with van der Waals surface area (Å²) in [5.41, 5.74) is 0.538. The second-order valence-corrected chi connectivity index (χ2v) is 4.62. The van der Waals surface area contributed by atoms with Crippen LogP contribution in [0, 0.1) is 0 Å². The van der Waals surface area contributed by atoms with Crippen LogP contribution in [0.5, 0.6) is 0 Å². The van der Waals surface area contributed by atoms with Crippen molar-refractivity contribution in [2.45, 2.75) is 31.4 Å². The summed E-state index contributed by atoms with van der Waals surface area (Å²) in [5.74, 6) is 0.629. The van der Waals surface area contributed by atoms with E-state index in [1.54, 1.807) is 24.6 Å². The molecule has 3 rings (SSSR count). The molecule has 0 unspecified atom stereocenters. The van der Waals surface area contributed by atoms with Gasteiger partial charge in [-0.1, -0.05) is 0 Å². The maximum absolute atomic E-state index is 9.96. The van der Waals surface area contributed by atoms with Crippen molar-refractivity contribution in [3.8, 4) is 0 Å². The highest BCUT2D eigenvalue weighted by atomic mass is 16.5. The van der Waals surface area contributed by atoms with Crippen LogP contribution in [0.25, 0.3) is 0 Å². The summed E-state index contributed by atoms with van der Waals surface area (Å²) in [4.78, 5) is 10.1. The van der Waals surface area contributed by atoms with Gasteiger partial charge in [0.15, 0.2) is 12.0 Å². The number of aliphatic hydroxyl groups is 2. The van der Waals surface area contributed by atoms with Gasteiger partial charge in [-0.15, -0.1) is 0 Å². The molecule has 0 radical (unpaired) electrons. The fourth-order valence-corrected chi connectivity index (χ4v) is 2.32. The Bertz CT molecular complexity index is 473. The first-order valence-electron chi connectivity index (χ1n) is 5.98. The van der Waals surface area contributed by atoms with Crippen LogP contribution in [0.15, 0.2) is 11.3 Å². The minimum Gasteiger partial charge on any atom is -0.394 e. The van der Waals surface area contributed by atoms with Crippen LogP contribution < -0.4 is 0 Å². The van der Waals surface area contributed by atoms with E-state index >= 15 is 0 Å². The standard InChI is InChI=1S/C11H16N4O3/c1-14-5-13-10-9(11(14)17)12-6-15(10)8-3-2-7(4-16)18-8/h5-8,11,16-17H,2-4H2,1H3/t7-,8+,11+/m1/s1. The van der Waals surface area contributed by atoms with Crippen LogP contribution in [0.4, 0.5) is 5.82 Å². The lowest BCUT2D eigenvalue weighted by molar-refractivity contribution is -0.0218. The molecule has 2 N–H and O–H groups in total. The van der Waals surface area contributed by atoms with Gasteiger partial charge in [0, 0.05) is 7.05 Å². The molecule has 0 saturated carbocycles. The summed E-state index contributed by atoms with van der Waals surface area (Å²) >= 11 is 0. The molecular weight excluding hydrogens is 236 g/mol. The molecular formula is C11H16N4O3. The van der Waals surface area contributed by atoms with Crippen molar-refractivity contribution in [3.63, 3.8) is 0 Å². The fraction of sp³-hybridized carbons (Fsp3) is 0.636. The Labute approximate surface area is 104 Å². The SMILES string of the molecule is CN1C=Nc2c(ncn2[C@@H]2CC[C@H](CO)O2)[C@@H]1O. The topological polar surface area (TPSA) is 83.1 Å². The first-order chi connectivity index (χ1) is 8.70. The minimum absolute atomic E-state index is 0.0298. The van der Waals surface area contributed by atoms with Gasteiger partial charge in [-0.3, -0.25) is 4.57 Å². The Morgan fingerprint density at radius 1 is 1.50 bits per heavy atom. The Morgan fingerprint density at radius 3 is 3.06 bits per heavy atom. The summed E-state index contributed by atoms with van der Waals surface area (Å²) < 4.78 is 7.50. The molecule has 0 bridgehead atoms. The summed E-state index contributed by atoms with van der Waals surface area (Å²) in [5, 5.41) is 19.0. The average Bonchev–Trinajstić information content (AvgIpc) is 2.99. The number of hydrogen-bond donors (Lipinski definition) is 2. The molecule has 1 fully saturated rings. The Morgan fingerprint density at radius 2 is 2.33 bits per heavy atom. The molecule has 1 aromatic rings. The van der Waals surface area contributed by atoms with Gasteiger partial charge in [0.1, 0.15) is 11.9 Å². The van der Waals surface area contributed by atoms with Crippen LogP contribution in [-0.4, -0.2) is 50.8 Å². The number of rotatable bonds is 2. The number of fused-ring (bicyclic) bond motifs is 1. The maximum atomic E-state index is 9.96. The van der Waals surface area contributed by atoms with E-state index in [1.165, 1.54) is 0 Å². The van der Waals surface area contributed by atoms with Crippen molar-refractivity contribution in [2.75, 3.05) is 13.7 Å². The van der Waals surface area contributed by atoms with E-state index in [-0.39, 0.29) is 18.9 Å². The third-order valence-corrected chi connectivity index (χ3v) is 3.39. The van der Waals surface area contributed by atoms with E-state index in [0.29, 0.717) is 11.5 Å². The maximum Gasteiger partial charge on any atom is 0.174 e. The molecule has 7 heteroatoms. The smallest absolute Gasteiger partial charge is 0.174 e. The largest absolute Gasteiger partial charge is 0.394 e. The summed E-state index contributed by atoms with van der Waals surface area (Å²) in [6.45, 7) is 0.0298. The molecule has 7 nitrogen and oxygen atoms in total. The van der Waals surface area contributed by atoms with Gasteiger partial charge in [-0.25, -0.2) is 9.98 Å². The van der Waals surface area contributed by atoms with Gasteiger partial charge < -0.3 is 19.8 Å². The monoisotopic (exact) mass is 252 g/mol. The lowest BCUT2D eigenvalue weighted by Gasteiger charge is -2.24. The molecule has 0 aromatic carbocycles. The first-order valence-corrected chi connectivity index (χ1v) is 5.98. The number of hydrogen-bond acceptors (Lipinski definition) is 6. The van der Waals surface area contributed by atoms with Crippen molar-refractivity contribution < 1.29 is 14.9 Å². The van der Waals surface area contributed by atoms with Crippen molar-refractivity contribution >= 4 is 12.2 Å². The number of aliphatic imine (C=N–C) groups is 1. The molecule has 0 spiro atoms. The Hall–Kier alpha value is -1.44. The van der Waals surface area contributed by atoms with Crippen LogP contribution >= 0.6 is 0 Å². The quantitative estimate of drug-likeness (QED) is 0.782. The van der Waals surface area contributed by atoms with Crippen molar-refractivity contribution in [1.29, 1.82) is 0 Å². The zero-order valence-corrected chi connectivity index (χ0v) is 10.1. The molecule has 3 heterocycles. The second kappa shape index (κ2) is 4.34. The second-order valence-electron chi connectivity index (χ2n) is 4.62. The molecule has 1 saturated heterocycles. The lowest BCUT2D eigenvalue weighted by atomic mass is 10.2. The van der Waals surface area contributed by atoms with Gasteiger partial charge in [0.05, 0.1) is 25.4 Å². The summed E-state index contributed by atoms with van der Waals surface area (Å²) in [6, 6.07) is 0. The normalized spacial score (nSPS) is 30.8. The zero-order valence-electron chi connectivity index (χ0n) is 10.1. The van der Waals surface area contributed by atoms with E-state index in [1.807, 2.05) is 4.57 Å². The highest BCUT2D eigenvalue weighted by Crippen LogP contribution is 2.36. The summed E-state index contributed by atoms with van der Waals surface area (Å²) in [6.07, 6.45) is 3.79. The highest BCUT2D eigenvalue weighted by Gasteiger charge is 2.31. The molecule has 2 aliphatic heterocycles. The van der Waals surface area contributed by atoms with Gasteiger partial charge in [-0.2, -0.15) is 0 Å². The molecule has 0 aliphatic carbocycles. The minimum atomic E-state index is -0.770. The molecule has 3 atom stereocenters. The highest BCUT2D eigenvalue weighted by molar-refractivity contribution is 5.64. The zero-order chi connectivity index (χ0) is 12.7. The Kier molecular flexibility index (Phi) is 2.81. The molecule has 18 heavy (non-hydrogen) atoms. The first kappa shape index (κ1) is 11.6. The number of aromatic nitrogens is 2. The van der Waals surface area contributed by atoms with E-state index in [2.05, 4.69) is 9.98 Å². The van der Waals surface area contributed by atoms with Crippen molar-refractivity contribution in [3.05, 3.63) is 12.0 Å². The van der Waals surface area contributed by atoms with Crippen LogP contribution in [0.1, 0.15) is 31.0 Å². The fourth-order valence-electron chi connectivity index (χ4n) is 2.32. The van der Waals surface area contributed by atoms with Crippen molar-refractivity contribution in [1.82, 2.24) is 14.5 Å². The molecule has 98 valence electrons. The molecule has 2 aliphatic rings. The number of imidazole rings is 1. The van der Waals surface area contributed by atoms with Crippen LogP contribution in [0.2, 0.25) is 0 Å². The Balaban J connectivity index is 1.89. The number of ether oxygens (including phenoxy) is 1. The third-order valence-electron chi connectivity index (χ3n) is 3.39.